The predicted molar refractivity (Wildman–Crippen MR) is 76.4 cm³/mol. The summed E-state index contributed by atoms with van der Waals surface area (Å²) < 4.78 is 5.91. The van der Waals surface area contributed by atoms with Gasteiger partial charge in [-0.15, -0.1) is 0 Å². The van der Waals surface area contributed by atoms with Gasteiger partial charge < -0.3 is 10.1 Å². The van der Waals surface area contributed by atoms with Crippen LogP contribution in [0.1, 0.15) is 24.0 Å². The molecule has 4 rings (SSSR count). The Bertz CT molecular complexity index is 470. The molecule has 2 aliphatic heterocycles. The number of anilines is 1. The zero-order chi connectivity index (χ0) is 12.7. The van der Waals surface area contributed by atoms with Gasteiger partial charge in [0.05, 0.1) is 12.7 Å². The Labute approximate surface area is 114 Å². The molecule has 0 amide bonds. The number of para-hydroxylation sites is 1. The highest BCUT2D eigenvalue weighted by atomic mass is 16.5. The SMILES string of the molecule is c1cc2c(c(CN3CCOC(C4CC4)C3)c1)NCC2. The number of rotatable bonds is 3. The Hall–Kier alpha value is -1.06. The Morgan fingerprint density at radius 2 is 2.26 bits per heavy atom. The topological polar surface area (TPSA) is 24.5 Å². The van der Waals surface area contributed by atoms with Gasteiger partial charge in [-0.05, 0) is 36.3 Å². The van der Waals surface area contributed by atoms with E-state index < -0.39 is 0 Å². The maximum absolute atomic E-state index is 5.91. The van der Waals surface area contributed by atoms with Crippen molar-refractivity contribution in [1.29, 1.82) is 0 Å². The van der Waals surface area contributed by atoms with Crippen molar-refractivity contribution in [1.82, 2.24) is 4.90 Å². The summed E-state index contributed by atoms with van der Waals surface area (Å²) in [7, 11) is 0. The third kappa shape index (κ3) is 2.37. The summed E-state index contributed by atoms with van der Waals surface area (Å²) in [4.78, 5) is 2.57. The fraction of sp³-hybridized carbons (Fsp3) is 0.625. The van der Waals surface area contributed by atoms with Gasteiger partial charge in [0.1, 0.15) is 0 Å². The van der Waals surface area contributed by atoms with Gasteiger partial charge in [0.2, 0.25) is 0 Å². The molecule has 1 unspecified atom stereocenters. The number of ether oxygens (including phenoxy) is 1. The second kappa shape index (κ2) is 4.80. The van der Waals surface area contributed by atoms with Crippen LogP contribution in [0, 0.1) is 5.92 Å². The van der Waals surface area contributed by atoms with E-state index in [1.807, 2.05) is 0 Å². The van der Waals surface area contributed by atoms with Crippen LogP contribution in [0.4, 0.5) is 5.69 Å². The molecule has 2 fully saturated rings. The molecular weight excluding hydrogens is 236 g/mol. The van der Waals surface area contributed by atoms with Crippen molar-refractivity contribution in [2.75, 3.05) is 31.6 Å². The Kier molecular flexibility index (Phi) is 2.97. The van der Waals surface area contributed by atoms with Crippen molar-refractivity contribution in [3.8, 4) is 0 Å². The maximum atomic E-state index is 5.91. The van der Waals surface area contributed by atoms with Crippen molar-refractivity contribution in [2.24, 2.45) is 5.92 Å². The average molecular weight is 258 g/mol. The average Bonchev–Trinajstić information content (AvgIpc) is 3.17. The van der Waals surface area contributed by atoms with Crippen LogP contribution in [-0.2, 0) is 17.7 Å². The summed E-state index contributed by atoms with van der Waals surface area (Å²) in [6.07, 6.45) is 4.43. The molecule has 0 spiro atoms. The molecule has 1 saturated carbocycles. The fourth-order valence-electron chi connectivity index (χ4n) is 3.41. The van der Waals surface area contributed by atoms with E-state index in [0.717, 1.165) is 38.7 Å². The summed E-state index contributed by atoms with van der Waals surface area (Å²) in [5.74, 6) is 0.849. The first kappa shape index (κ1) is 11.7. The third-order valence-corrected chi connectivity index (χ3v) is 4.65. The molecule has 102 valence electrons. The van der Waals surface area contributed by atoms with E-state index in [1.165, 1.54) is 36.1 Å². The van der Waals surface area contributed by atoms with Crippen LogP contribution >= 0.6 is 0 Å². The van der Waals surface area contributed by atoms with Crippen LogP contribution in [0.2, 0.25) is 0 Å². The first-order valence-electron chi connectivity index (χ1n) is 7.59. The number of hydrogen-bond acceptors (Lipinski definition) is 3. The summed E-state index contributed by atoms with van der Waals surface area (Å²) in [5, 5.41) is 3.55. The Balaban J connectivity index is 1.47. The molecule has 0 radical (unpaired) electrons. The first-order valence-corrected chi connectivity index (χ1v) is 7.59. The molecule has 2 heterocycles. The van der Waals surface area contributed by atoms with E-state index in [0.29, 0.717) is 6.10 Å². The number of morpholine rings is 1. The van der Waals surface area contributed by atoms with E-state index in [1.54, 1.807) is 0 Å². The van der Waals surface area contributed by atoms with Crippen molar-refractivity contribution >= 4 is 5.69 Å². The van der Waals surface area contributed by atoms with Crippen molar-refractivity contribution < 1.29 is 4.74 Å². The van der Waals surface area contributed by atoms with Crippen molar-refractivity contribution in [2.45, 2.75) is 31.9 Å². The lowest BCUT2D eigenvalue weighted by Crippen LogP contribution is -2.42. The molecule has 1 aromatic rings. The quantitative estimate of drug-likeness (QED) is 0.900. The van der Waals surface area contributed by atoms with Gasteiger partial charge in [0.25, 0.3) is 0 Å². The predicted octanol–water partition coefficient (Wildman–Crippen LogP) is 2.27. The lowest BCUT2D eigenvalue weighted by Gasteiger charge is -2.33. The van der Waals surface area contributed by atoms with Gasteiger partial charge in [0, 0.05) is 31.9 Å². The van der Waals surface area contributed by atoms with Crippen LogP contribution in [0.3, 0.4) is 0 Å². The monoisotopic (exact) mass is 258 g/mol. The number of fused-ring (bicyclic) bond motifs is 1. The minimum Gasteiger partial charge on any atom is -0.384 e. The van der Waals surface area contributed by atoms with Crippen molar-refractivity contribution in [3.63, 3.8) is 0 Å². The first-order chi connectivity index (χ1) is 9.40. The van der Waals surface area contributed by atoms with Gasteiger partial charge in [-0.3, -0.25) is 4.90 Å². The van der Waals surface area contributed by atoms with E-state index in [9.17, 15) is 0 Å². The smallest absolute Gasteiger partial charge is 0.0730 e. The molecular formula is C16H22N2O. The molecule has 3 nitrogen and oxygen atoms in total. The highest BCUT2D eigenvalue weighted by Crippen LogP contribution is 2.36. The van der Waals surface area contributed by atoms with E-state index >= 15 is 0 Å². The molecule has 1 atom stereocenters. The molecule has 1 N–H and O–H groups in total. The van der Waals surface area contributed by atoms with Gasteiger partial charge >= 0.3 is 0 Å². The standard InChI is InChI=1S/C16H22N2O/c1-2-13-6-7-17-16(13)14(3-1)10-18-8-9-19-15(11-18)12-4-5-12/h1-3,12,15,17H,4-11H2. The Morgan fingerprint density at radius 3 is 3.16 bits per heavy atom. The molecule has 1 aromatic carbocycles. The second-order valence-electron chi connectivity index (χ2n) is 6.11. The van der Waals surface area contributed by atoms with E-state index in [4.69, 9.17) is 4.74 Å². The summed E-state index contributed by atoms with van der Waals surface area (Å²) in [6.45, 7) is 5.27. The summed E-state index contributed by atoms with van der Waals surface area (Å²) in [6, 6.07) is 6.74. The molecule has 1 saturated heterocycles. The molecule has 3 aliphatic rings. The molecule has 0 aromatic heterocycles. The van der Waals surface area contributed by atoms with Crippen LogP contribution in [0.5, 0.6) is 0 Å². The van der Waals surface area contributed by atoms with Gasteiger partial charge in [-0.25, -0.2) is 0 Å². The number of hydrogen-bond donors (Lipinski definition) is 1. The molecule has 0 bridgehead atoms. The number of benzene rings is 1. The zero-order valence-corrected chi connectivity index (χ0v) is 11.4. The van der Waals surface area contributed by atoms with Gasteiger partial charge in [0.15, 0.2) is 0 Å². The molecule has 19 heavy (non-hydrogen) atoms. The maximum Gasteiger partial charge on any atom is 0.0730 e. The summed E-state index contributed by atoms with van der Waals surface area (Å²) >= 11 is 0. The van der Waals surface area contributed by atoms with Crippen LogP contribution < -0.4 is 5.32 Å². The minimum atomic E-state index is 0.499. The second-order valence-corrected chi connectivity index (χ2v) is 6.11. The highest BCUT2D eigenvalue weighted by molar-refractivity contribution is 5.61. The van der Waals surface area contributed by atoms with Crippen LogP contribution in [0.15, 0.2) is 18.2 Å². The van der Waals surface area contributed by atoms with E-state index in [2.05, 4.69) is 28.4 Å². The van der Waals surface area contributed by atoms with Crippen LogP contribution in [0.25, 0.3) is 0 Å². The van der Waals surface area contributed by atoms with Crippen LogP contribution in [-0.4, -0.2) is 37.2 Å². The number of nitrogens with one attached hydrogen (secondary N) is 1. The summed E-state index contributed by atoms with van der Waals surface area (Å²) in [5.41, 5.74) is 4.35. The third-order valence-electron chi connectivity index (χ3n) is 4.65. The lowest BCUT2D eigenvalue weighted by molar-refractivity contribution is -0.0418. The fourth-order valence-corrected chi connectivity index (χ4v) is 3.41. The lowest BCUT2D eigenvalue weighted by atomic mass is 10.1. The Morgan fingerprint density at radius 1 is 1.32 bits per heavy atom. The normalized spacial score (nSPS) is 27.1. The molecule has 1 aliphatic carbocycles. The van der Waals surface area contributed by atoms with Gasteiger partial charge in [-0.1, -0.05) is 18.2 Å². The minimum absolute atomic E-state index is 0.499. The van der Waals surface area contributed by atoms with E-state index in [-0.39, 0.29) is 0 Å². The zero-order valence-electron chi connectivity index (χ0n) is 11.4. The highest BCUT2D eigenvalue weighted by Gasteiger charge is 2.35. The van der Waals surface area contributed by atoms with Crippen molar-refractivity contribution in [3.05, 3.63) is 29.3 Å². The number of nitrogens with zero attached hydrogens (tertiary/aromatic N) is 1. The molecule has 3 heteroatoms. The van der Waals surface area contributed by atoms with Gasteiger partial charge in [-0.2, -0.15) is 0 Å². The largest absolute Gasteiger partial charge is 0.384 e.